The largest absolute Gasteiger partial charge is 0.461 e. The zero-order valence-corrected chi connectivity index (χ0v) is 11.5. The van der Waals surface area contributed by atoms with Crippen molar-refractivity contribution in [1.29, 1.82) is 0 Å². The van der Waals surface area contributed by atoms with E-state index in [1.165, 1.54) is 0 Å². The van der Waals surface area contributed by atoms with Gasteiger partial charge in [0.2, 0.25) is 0 Å². The SMILES string of the molecule is CCOC(=O)c1ncoc1CNC(=O)OC(C)(C)C. The van der Waals surface area contributed by atoms with Gasteiger partial charge in [0.15, 0.2) is 17.8 Å². The number of oxazole rings is 1. The van der Waals surface area contributed by atoms with E-state index in [4.69, 9.17) is 13.9 Å². The summed E-state index contributed by atoms with van der Waals surface area (Å²) >= 11 is 0. The van der Waals surface area contributed by atoms with Gasteiger partial charge in [-0.15, -0.1) is 0 Å². The Morgan fingerprint density at radius 1 is 1.42 bits per heavy atom. The summed E-state index contributed by atoms with van der Waals surface area (Å²) in [7, 11) is 0. The average Bonchev–Trinajstić information content (AvgIpc) is 2.72. The topological polar surface area (TPSA) is 90.7 Å². The summed E-state index contributed by atoms with van der Waals surface area (Å²) in [4.78, 5) is 26.7. The molecule has 0 spiro atoms. The number of esters is 1. The highest BCUT2D eigenvalue weighted by Gasteiger charge is 2.20. The van der Waals surface area contributed by atoms with Crippen LogP contribution >= 0.6 is 0 Å². The summed E-state index contributed by atoms with van der Waals surface area (Å²) < 4.78 is 14.9. The molecule has 0 aliphatic rings. The van der Waals surface area contributed by atoms with E-state index in [0.717, 1.165) is 6.39 Å². The molecule has 0 fully saturated rings. The van der Waals surface area contributed by atoms with E-state index in [2.05, 4.69) is 10.3 Å². The number of carbonyl (C=O) groups excluding carboxylic acids is 2. The van der Waals surface area contributed by atoms with E-state index in [0.29, 0.717) is 0 Å². The van der Waals surface area contributed by atoms with Gasteiger partial charge in [-0.2, -0.15) is 0 Å². The highest BCUT2D eigenvalue weighted by Crippen LogP contribution is 2.10. The van der Waals surface area contributed by atoms with Crippen LogP contribution in [-0.2, 0) is 16.0 Å². The summed E-state index contributed by atoms with van der Waals surface area (Å²) in [5, 5.41) is 2.48. The molecular formula is C12H18N2O5. The molecule has 1 aromatic rings. The van der Waals surface area contributed by atoms with Gasteiger partial charge < -0.3 is 19.2 Å². The molecule has 0 saturated heterocycles. The first-order valence-corrected chi connectivity index (χ1v) is 5.90. The van der Waals surface area contributed by atoms with Gasteiger partial charge >= 0.3 is 12.1 Å². The molecule has 0 radical (unpaired) electrons. The van der Waals surface area contributed by atoms with Crippen LogP contribution in [0.1, 0.15) is 43.9 Å². The number of ether oxygens (including phenoxy) is 2. The minimum absolute atomic E-state index is 0.00304. The number of alkyl carbamates (subject to hydrolysis) is 1. The molecule has 1 N–H and O–H groups in total. The van der Waals surface area contributed by atoms with Gasteiger partial charge in [-0.1, -0.05) is 0 Å². The third-order valence-corrected chi connectivity index (χ3v) is 1.90. The van der Waals surface area contributed by atoms with Gasteiger partial charge in [-0.05, 0) is 27.7 Å². The fraction of sp³-hybridized carbons (Fsp3) is 0.583. The first-order valence-electron chi connectivity index (χ1n) is 5.90. The van der Waals surface area contributed by atoms with E-state index in [9.17, 15) is 9.59 Å². The highest BCUT2D eigenvalue weighted by atomic mass is 16.6. The Morgan fingerprint density at radius 2 is 2.11 bits per heavy atom. The Labute approximate surface area is 111 Å². The van der Waals surface area contributed by atoms with Crippen LogP contribution in [0.4, 0.5) is 4.79 Å². The van der Waals surface area contributed by atoms with Crippen molar-refractivity contribution in [3.05, 3.63) is 17.8 Å². The van der Waals surface area contributed by atoms with Crippen molar-refractivity contribution in [1.82, 2.24) is 10.3 Å². The fourth-order valence-electron chi connectivity index (χ4n) is 1.23. The lowest BCUT2D eigenvalue weighted by Gasteiger charge is -2.19. The summed E-state index contributed by atoms with van der Waals surface area (Å²) in [6, 6.07) is 0. The Balaban J connectivity index is 2.57. The summed E-state index contributed by atoms with van der Waals surface area (Å²) in [6.07, 6.45) is 0.525. The van der Waals surface area contributed by atoms with Gasteiger partial charge in [-0.3, -0.25) is 0 Å². The number of hydrogen-bond acceptors (Lipinski definition) is 6. The molecule has 1 amide bonds. The zero-order chi connectivity index (χ0) is 14.5. The molecular weight excluding hydrogens is 252 g/mol. The molecule has 106 valence electrons. The smallest absolute Gasteiger partial charge is 0.408 e. The molecule has 0 aliphatic carbocycles. The van der Waals surface area contributed by atoms with Crippen molar-refractivity contribution in [2.75, 3.05) is 6.61 Å². The van der Waals surface area contributed by atoms with Crippen molar-refractivity contribution in [2.45, 2.75) is 39.8 Å². The van der Waals surface area contributed by atoms with Crippen LogP contribution in [0, 0.1) is 0 Å². The van der Waals surface area contributed by atoms with Gasteiger partial charge in [0.1, 0.15) is 5.60 Å². The van der Waals surface area contributed by atoms with Crippen molar-refractivity contribution in [3.63, 3.8) is 0 Å². The second kappa shape index (κ2) is 6.21. The van der Waals surface area contributed by atoms with Crippen LogP contribution in [0.5, 0.6) is 0 Å². The Kier molecular flexibility index (Phi) is 4.91. The molecule has 0 unspecified atom stereocenters. The minimum atomic E-state index is -0.598. The lowest BCUT2D eigenvalue weighted by Crippen LogP contribution is -2.32. The van der Waals surface area contributed by atoms with Crippen LogP contribution in [0.2, 0.25) is 0 Å². The van der Waals surface area contributed by atoms with Gasteiger partial charge in [-0.25, -0.2) is 14.6 Å². The summed E-state index contributed by atoms with van der Waals surface area (Å²) in [5.74, 6) is -0.360. The molecule has 1 aromatic heterocycles. The van der Waals surface area contributed by atoms with Crippen LogP contribution < -0.4 is 5.32 Å². The van der Waals surface area contributed by atoms with Crippen LogP contribution in [0.3, 0.4) is 0 Å². The van der Waals surface area contributed by atoms with Crippen LogP contribution in [0.15, 0.2) is 10.8 Å². The van der Waals surface area contributed by atoms with Crippen LogP contribution in [0.25, 0.3) is 0 Å². The van der Waals surface area contributed by atoms with Crippen molar-refractivity contribution in [3.8, 4) is 0 Å². The highest BCUT2D eigenvalue weighted by molar-refractivity contribution is 5.88. The molecule has 0 aromatic carbocycles. The minimum Gasteiger partial charge on any atom is -0.461 e. The van der Waals surface area contributed by atoms with E-state index in [-0.39, 0.29) is 24.6 Å². The lowest BCUT2D eigenvalue weighted by atomic mass is 10.2. The number of hydrogen-bond donors (Lipinski definition) is 1. The third kappa shape index (κ3) is 4.99. The van der Waals surface area contributed by atoms with Crippen molar-refractivity contribution in [2.24, 2.45) is 0 Å². The number of aromatic nitrogens is 1. The fourth-order valence-corrected chi connectivity index (χ4v) is 1.23. The van der Waals surface area contributed by atoms with Gasteiger partial charge in [0.05, 0.1) is 13.2 Å². The maximum atomic E-state index is 11.5. The first-order chi connectivity index (χ1) is 8.83. The zero-order valence-electron chi connectivity index (χ0n) is 11.5. The molecule has 7 nitrogen and oxygen atoms in total. The van der Waals surface area contributed by atoms with E-state index in [1.54, 1.807) is 27.7 Å². The first kappa shape index (κ1) is 15.0. The number of amides is 1. The average molecular weight is 270 g/mol. The molecule has 0 saturated carbocycles. The van der Waals surface area contributed by atoms with Crippen LogP contribution in [-0.4, -0.2) is 29.3 Å². The van der Waals surface area contributed by atoms with Gasteiger partial charge in [0.25, 0.3) is 0 Å². The second-order valence-corrected chi connectivity index (χ2v) is 4.70. The lowest BCUT2D eigenvalue weighted by molar-refractivity contribution is 0.0494. The number of nitrogens with zero attached hydrogens (tertiary/aromatic N) is 1. The second-order valence-electron chi connectivity index (χ2n) is 4.70. The Hall–Kier alpha value is -2.05. The molecule has 1 rings (SSSR count). The Bertz CT molecular complexity index is 447. The number of carbonyl (C=O) groups is 2. The molecule has 7 heteroatoms. The maximum Gasteiger partial charge on any atom is 0.408 e. The molecule has 19 heavy (non-hydrogen) atoms. The quantitative estimate of drug-likeness (QED) is 0.840. The molecule has 1 heterocycles. The maximum absolute atomic E-state index is 11.5. The van der Waals surface area contributed by atoms with E-state index >= 15 is 0 Å². The van der Waals surface area contributed by atoms with Crippen molar-refractivity contribution < 1.29 is 23.5 Å². The summed E-state index contributed by atoms with van der Waals surface area (Å²) in [6.45, 7) is 7.20. The molecule has 0 aliphatic heterocycles. The number of nitrogens with one attached hydrogen (secondary N) is 1. The predicted octanol–water partition coefficient (Wildman–Crippen LogP) is 1.88. The molecule has 0 bridgehead atoms. The Morgan fingerprint density at radius 3 is 2.68 bits per heavy atom. The number of rotatable bonds is 4. The monoisotopic (exact) mass is 270 g/mol. The van der Waals surface area contributed by atoms with E-state index in [1.807, 2.05) is 0 Å². The molecule has 0 atom stereocenters. The van der Waals surface area contributed by atoms with Gasteiger partial charge in [0, 0.05) is 0 Å². The normalized spacial score (nSPS) is 10.9. The standard InChI is InChI=1S/C12H18N2O5/c1-5-17-10(15)9-8(18-7-14-9)6-13-11(16)19-12(2,3)4/h7H,5-6H2,1-4H3,(H,13,16). The van der Waals surface area contributed by atoms with Crippen molar-refractivity contribution >= 4 is 12.1 Å². The van der Waals surface area contributed by atoms with E-state index < -0.39 is 17.7 Å². The predicted molar refractivity (Wildman–Crippen MR) is 65.5 cm³/mol. The third-order valence-electron chi connectivity index (χ3n) is 1.90. The summed E-state index contributed by atoms with van der Waals surface area (Å²) in [5.41, 5.74) is -0.534.